The van der Waals surface area contributed by atoms with Gasteiger partial charge in [-0.15, -0.1) is 0 Å². The normalized spacial score (nSPS) is 11.1. The number of rotatable bonds is 8. The van der Waals surface area contributed by atoms with Gasteiger partial charge in [-0.25, -0.2) is 0 Å². The van der Waals surface area contributed by atoms with Gasteiger partial charge in [0.2, 0.25) is 0 Å². The van der Waals surface area contributed by atoms with Gasteiger partial charge < -0.3 is 0 Å². The van der Waals surface area contributed by atoms with Gasteiger partial charge in [-0.2, -0.15) is 8.42 Å². The predicted molar refractivity (Wildman–Crippen MR) is 79.1 cm³/mol. The number of benzene rings is 1. The summed E-state index contributed by atoms with van der Waals surface area (Å²) in [5, 5.41) is 0. The molecule has 19 heavy (non-hydrogen) atoms. The second-order valence-corrected chi connectivity index (χ2v) is 5.99. The molecule has 1 aromatic rings. The molecule has 1 aromatic carbocycles. The summed E-state index contributed by atoms with van der Waals surface area (Å²) in [5.74, 6) is 0. The SMILES string of the molecule is CCCCCCCCc1ccccc1S(=O)(=O)O.[Na]. The van der Waals surface area contributed by atoms with Gasteiger partial charge >= 0.3 is 0 Å². The Labute approximate surface area is 138 Å². The molecule has 1 rings (SSSR count). The smallest absolute Gasteiger partial charge is 0.282 e. The van der Waals surface area contributed by atoms with Gasteiger partial charge in [0.25, 0.3) is 10.1 Å². The summed E-state index contributed by atoms with van der Waals surface area (Å²) in [6, 6.07) is 6.67. The largest absolute Gasteiger partial charge is 0.294 e. The van der Waals surface area contributed by atoms with E-state index in [1.54, 1.807) is 18.2 Å². The average Bonchev–Trinajstić information content (AvgIpc) is 2.33. The molecule has 0 aliphatic rings. The first-order valence-electron chi connectivity index (χ1n) is 6.61. The van der Waals surface area contributed by atoms with E-state index in [1.807, 2.05) is 0 Å². The Morgan fingerprint density at radius 3 is 2.21 bits per heavy atom. The maximum atomic E-state index is 11.2. The minimum atomic E-state index is -4.08. The van der Waals surface area contributed by atoms with Crippen LogP contribution in [0.4, 0.5) is 0 Å². The van der Waals surface area contributed by atoms with Crippen molar-refractivity contribution in [3.05, 3.63) is 29.8 Å². The van der Waals surface area contributed by atoms with Crippen LogP contribution < -0.4 is 0 Å². The van der Waals surface area contributed by atoms with Gasteiger partial charge in [0.05, 0.1) is 4.90 Å². The molecule has 0 spiro atoms. The van der Waals surface area contributed by atoms with Crippen molar-refractivity contribution >= 4 is 39.7 Å². The van der Waals surface area contributed by atoms with Crippen LogP contribution in [0.3, 0.4) is 0 Å². The van der Waals surface area contributed by atoms with E-state index in [-0.39, 0.29) is 34.5 Å². The van der Waals surface area contributed by atoms with E-state index in [0.717, 1.165) is 18.4 Å². The quantitative estimate of drug-likeness (QED) is 0.454. The Balaban J connectivity index is 0.00000324. The van der Waals surface area contributed by atoms with Crippen molar-refractivity contribution in [2.45, 2.75) is 56.8 Å². The van der Waals surface area contributed by atoms with Gasteiger partial charge in [-0.1, -0.05) is 57.2 Å². The Bertz CT molecular complexity index is 458. The summed E-state index contributed by atoms with van der Waals surface area (Å²) in [5.41, 5.74) is 0.718. The van der Waals surface area contributed by atoms with E-state index in [9.17, 15) is 8.42 Å². The monoisotopic (exact) mass is 293 g/mol. The average molecular weight is 293 g/mol. The van der Waals surface area contributed by atoms with E-state index in [4.69, 9.17) is 4.55 Å². The Kier molecular flexibility index (Phi) is 10.0. The fourth-order valence-electron chi connectivity index (χ4n) is 2.06. The third-order valence-electron chi connectivity index (χ3n) is 3.05. The van der Waals surface area contributed by atoms with Crippen molar-refractivity contribution < 1.29 is 13.0 Å². The molecular weight excluding hydrogens is 271 g/mol. The Morgan fingerprint density at radius 1 is 1.00 bits per heavy atom. The molecule has 0 unspecified atom stereocenters. The third kappa shape index (κ3) is 7.47. The second-order valence-electron chi connectivity index (χ2n) is 4.60. The first-order valence-corrected chi connectivity index (χ1v) is 8.05. The molecule has 0 bridgehead atoms. The number of hydrogen-bond donors (Lipinski definition) is 1. The van der Waals surface area contributed by atoms with E-state index in [2.05, 4.69) is 6.92 Å². The summed E-state index contributed by atoms with van der Waals surface area (Å²) < 4.78 is 31.5. The molecule has 0 fully saturated rings. The van der Waals surface area contributed by atoms with E-state index in [0.29, 0.717) is 6.42 Å². The van der Waals surface area contributed by atoms with Crippen LogP contribution in [0.15, 0.2) is 29.2 Å². The van der Waals surface area contributed by atoms with Crippen molar-refractivity contribution in [3.63, 3.8) is 0 Å². The molecule has 0 aliphatic heterocycles. The van der Waals surface area contributed by atoms with Crippen LogP contribution in [0.5, 0.6) is 0 Å². The van der Waals surface area contributed by atoms with Crippen LogP contribution in [0, 0.1) is 0 Å². The summed E-state index contributed by atoms with van der Waals surface area (Å²) in [7, 11) is -4.08. The van der Waals surface area contributed by atoms with Gasteiger partial charge in [-0.3, -0.25) is 4.55 Å². The fourth-order valence-corrected chi connectivity index (χ4v) is 2.81. The molecule has 0 saturated heterocycles. The maximum absolute atomic E-state index is 11.2. The molecule has 0 heterocycles. The predicted octanol–water partition coefficient (Wildman–Crippen LogP) is 3.46. The molecule has 5 heteroatoms. The molecule has 0 amide bonds. The van der Waals surface area contributed by atoms with Gasteiger partial charge in [0.15, 0.2) is 0 Å². The van der Waals surface area contributed by atoms with Crippen molar-refractivity contribution in [2.75, 3.05) is 0 Å². The summed E-state index contributed by atoms with van der Waals surface area (Å²) >= 11 is 0. The second kappa shape index (κ2) is 9.94. The molecule has 1 radical (unpaired) electrons. The molecular formula is C14H22NaO3S. The van der Waals surface area contributed by atoms with Crippen molar-refractivity contribution in [1.29, 1.82) is 0 Å². The zero-order valence-electron chi connectivity index (χ0n) is 11.9. The zero-order chi connectivity index (χ0) is 13.4. The summed E-state index contributed by atoms with van der Waals surface area (Å²) in [6.45, 7) is 2.18. The van der Waals surface area contributed by atoms with Crippen LogP contribution in [0.25, 0.3) is 0 Å². The fraction of sp³-hybridized carbons (Fsp3) is 0.571. The Hall–Kier alpha value is 0.130. The van der Waals surface area contributed by atoms with Crippen LogP contribution in [0.2, 0.25) is 0 Å². The van der Waals surface area contributed by atoms with Crippen molar-refractivity contribution in [2.24, 2.45) is 0 Å². The number of unbranched alkanes of at least 4 members (excludes halogenated alkanes) is 5. The molecule has 1 N–H and O–H groups in total. The van der Waals surface area contributed by atoms with E-state index >= 15 is 0 Å². The number of aryl methyl sites for hydroxylation is 1. The minimum Gasteiger partial charge on any atom is -0.282 e. The summed E-state index contributed by atoms with van der Waals surface area (Å²) in [6.07, 6.45) is 7.73. The van der Waals surface area contributed by atoms with Crippen LogP contribution in [-0.4, -0.2) is 42.5 Å². The Morgan fingerprint density at radius 2 is 1.58 bits per heavy atom. The van der Waals surface area contributed by atoms with E-state index in [1.165, 1.54) is 31.7 Å². The third-order valence-corrected chi connectivity index (χ3v) is 4.00. The van der Waals surface area contributed by atoms with Gasteiger partial charge in [-0.05, 0) is 24.5 Å². The summed E-state index contributed by atoms with van der Waals surface area (Å²) in [4.78, 5) is 0.0542. The molecule has 3 nitrogen and oxygen atoms in total. The van der Waals surface area contributed by atoms with Gasteiger partial charge in [0.1, 0.15) is 0 Å². The molecule has 0 aromatic heterocycles. The standard InChI is InChI=1S/C14H22O3S.Na/c1-2-3-4-5-6-7-10-13-11-8-9-12-14(13)18(15,16)17;/h8-9,11-12H,2-7,10H2,1H3,(H,15,16,17);. The maximum Gasteiger partial charge on any atom is 0.294 e. The molecule has 0 atom stereocenters. The van der Waals surface area contributed by atoms with Crippen LogP contribution in [-0.2, 0) is 16.5 Å². The van der Waals surface area contributed by atoms with Crippen LogP contribution in [0.1, 0.15) is 51.0 Å². The minimum absolute atomic E-state index is 0. The first-order chi connectivity index (χ1) is 8.55. The van der Waals surface area contributed by atoms with Crippen LogP contribution >= 0.6 is 0 Å². The molecule has 0 aliphatic carbocycles. The first kappa shape index (κ1) is 19.1. The zero-order valence-corrected chi connectivity index (χ0v) is 14.7. The molecule has 0 saturated carbocycles. The van der Waals surface area contributed by atoms with E-state index < -0.39 is 10.1 Å². The van der Waals surface area contributed by atoms with Crippen molar-refractivity contribution in [3.8, 4) is 0 Å². The van der Waals surface area contributed by atoms with Crippen molar-refractivity contribution in [1.82, 2.24) is 0 Å². The molecule has 103 valence electrons. The number of hydrogen-bond acceptors (Lipinski definition) is 2. The topological polar surface area (TPSA) is 54.4 Å². The van der Waals surface area contributed by atoms with Gasteiger partial charge in [0, 0.05) is 29.6 Å².